The van der Waals surface area contributed by atoms with Crippen molar-refractivity contribution in [2.75, 3.05) is 7.11 Å². The first kappa shape index (κ1) is 7.08. The Labute approximate surface area is 59.6 Å². The van der Waals surface area contributed by atoms with Crippen LogP contribution in [0.25, 0.3) is 0 Å². The van der Waals surface area contributed by atoms with E-state index in [-0.39, 0.29) is 0 Å². The normalized spacial score (nSPS) is 9.90. The van der Waals surface area contributed by atoms with Crippen LogP contribution in [-0.4, -0.2) is 16.7 Å². The number of aromatic nitrogens is 2. The summed E-state index contributed by atoms with van der Waals surface area (Å²) in [6.07, 6.45) is 1.71. The van der Waals surface area contributed by atoms with E-state index in [1.54, 1.807) is 13.3 Å². The molecule has 0 aliphatic heterocycles. The second-order valence-electron chi connectivity index (χ2n) is 2.00. The maximum Gasteiger partial charge on any atom is 0.295 e. The lowest BCUT2D eigenvalue weighted by atomic mass is 10.5. The van der Waals surface area contributed by atoms with E-state index in [4.69, 9.17) is 10.5 Å². The molecular formula is C6H11N3O. The molecule has 0 radical (unpaired) electrons. The number of hydrogen-bond donors (Lipinski definition) is 1. The number of rotatable bonds is 2. The molecule has 0 saturated carbocycles. The highest BCUT2D eigenvalue weighted by atomic mass is 16.5. The molecule has 1 aromatic heterocycles. The Kier molecular flexibility index (Phi) is 1.91. The predicted molar refractivity (Wildman–Crippen MR) is 37.7 cm³/mol. The Morgan fingerprint density at radius 1 is 1.80 bits per heavy atom. The monoisotopic (exact) mass is 141 g/mol. The van der Waals surface area contributed by atoms with Crippen molar-refractivity contribution in [1.82, 2.24) is 9.55 Å². The summed E-state index contributed by atoms with van der Waals surface area (Å²) in [4.78, 5) is 3.97. The standard InChI is InChI=1S/C6H11N3O/c1-9-5(3-7)4-8-6(9)10-2/h4H,3,7H2,1-2H3. The molecule has 0 aliphatic carbocycles. The van der Waals surface area contributed by atoms with Gasteiger partial charge >= 0.3 is 0 Å². The molecule has 0 aromatic carbocycles. The lowest BCUT2D eigenvalue weighted by molar-refractivity contribution is 0.364. The van der Waals surface area contributed by atoms with Crippen molar-refractivity contribution >= 4 is 0 Å². The fourth-order valence-electron chi connectivity index (χ4n) is 0.805. The average Bonchev–Trinajstić information content (AvgIpc) is 2.30. The van der Waals surface area contributed by atoms with Gasteiger partial charge in [0.05, 0.1) is 19.0 Å². The van der Waals surface area contributed by atoms with Crippen molar-refractivity contribution in [2.45, 2.75) is 6.54 Å². The molecule has 0 fully saturated rings. The van der Waals surface area contributed by atoms with Gasteiger partial charge in [0.1, 0.15) is 0 Å². The van der Waals surface area contributed by atoms with E-state index in [2.05, 4.69) is 4.98 Å². The van der Waals surface area contributed by atoms with Crippen LogP contribution in [0.2, 0.25) is 0 Å². The van der Waals surface area contributed by atoms with Gasteiger partial charge in [0, 0.05) is 13.6 Å². The second-order valence-corrected chi connectivity index (χ2v) is 2.00. The molecule has 1 aromatic rings. The highest BCUT2D eigenvalue weighted by Crippen LogP contribution is 2.08. The van der Waals surface area contributed by atoms with Crippen molar-refractivity contribution in [3.8, 4) is 6.01 Å². The summed E-state index contributed by atoms with van der Waals surface area (Å²) in [5.41, 5.74) is 6.37. The van der Waals surface area contributed by atoms with Crippen molar-refractivity contribution < 1.29 is 4.74 Å². The van der Waals surface area contributed by atoms with E-state index in [0.717, 1.165) is 5.69 Å². The molecule has 56 valence electrons. The quantitative estimate of drug-likeness (QED) is 0.625. The van der Waals surface area contributed by atoms with Crippen LogP contribution >= 0.6 is 0 Å². The summed E-state index contributed by atoms with van der Waals surface area (Å²) in [7, 11) is 3.46. The van der Waals surface area contributed by atoms with Crippen molar-refractivity contribution in [3.05, 3.63) is 11.9 Å². The second kappa shape index (κ2) is 2.70. The molecule has 0 spiro atoms. The lowest BCUT2D eigenvalue weighted by Crippen LogP contribution is -2.04. The number of ether oxygens (including phenoxy) is 1. The predicted octanol–water partition coefficient (Wildman–Crippen LogP) is -0.113. The lowest BCUT2D eigenvalue weighted by Gasteiger charge is -2.00. The summed E-state index contributed by atoms with van der Waals surface area (Å²) in [6.45, 7) is 0.493. The minimum atomic E-state index is 0.493. The van der Waals surface area contributed by atoms with Crippen LogP contribution in [0, 0.1) is 0 Å². The molecule has 0 amide bonds. The van der Waals surface area contributed by atoms with Crippen molar-refractivity contribution in [1.29, 1.82) is 0 Å². The molecule has 4 heteroatoms. The minimum absolute atomic E-state index is 0.493. The zero-order valence-corrected chi connectivity index (χ0v) is 6.16. The summed E-state index contributed by atoms with van der Waals surface area (Å²) in [5.74, 6) is 0. The van der Waals surface area contributed by atoms with Gasteiger partial charge in [0.15, 0.2) is 0 Å². The summed E-state index contributed by atoms with van der Waals surface area (Å²) in [5, 5.41) is 0. The molecule has 0 unspecified atom stereocenters. The minimum Gasteiger partial charge on any atom is -0.468 e. The van der Waals surface area contributed by atoms with E-state index >= 15 is 0 Å². The molecule has 1 heterocycles. The first-order chi connectivity index (χ1) is 4.79. The van der Waals surface area contributed by atoms with Gasteiger partial charge in [-0.3, -0.25) is 0 Å². The van der Waals surface area contributed by atoms with E-state index in [1.165, 1.54) is 0 Å². The van der Waals surface area contributed by atoms with Crippen LogP contribution < -0.4 is 10.5 Å². The Morgan fingerprint density at radius 3 is 2.80 bits per heavy atom. The highest BCUT2D eigenvalue weighted by Gasteiger charge is 2.02. The Morgan fingerprint density at radius 2 is 2.50 bits per heavy atom. The van der Waals surface area contributed by atoms with Gasteiger partial charge in [-0.2, -0.15) is 0 Å². The topological polar surface area (TPSA) is 53.1 Å². The molecule has 4 nitrogen and oxygen atoms in total. The van der Waals surface area contributed by atoms with Gasteiger partial charge in [-0.25, -0.2) is 4.98 Å². The highest BCUT2D eigenvalue weighted by molar-refractivity contribution is 5.08. The van der Waals surface area contributed by atoms with Crippen LogP contribution in [0.3, 0.4) is 0 Å². The van der Waals surface area contributed by atoms with E-state index < -0.39 is 0 Å². The molecule has 0 saturated heterocycles. The van der Waals surface area contributed by atoms with Gasteiger partial charge in [-0.15, -0.1) is 0 Å². The van der Waals surface area contributed by atoms with Gasteiger partial charge in [0.2, 0.25) is 0 Å². The van der Waals surface area contributed by atoms with Crippen LogP contribution in [-0.2, 0) is 13.6 Å². The zero-order valence-electron chi connectivity index (χ0n) is 6.16. The van der Waals surface area contributed by atoms with Crippen LogP contribution in [0.1, 0.15) is 5.69 Å². The molecule has 0 aliphatic rings. The van der Waals surface area contributed by atoms with Crippen molar-refractivity contribution in [3.63, 3.8) is 0 Å². The fraction of sp³-hybridized carbons (Fsp3) is 0.500. The van der Waals surface area contributed by atoms with Gasteiger partial charge < -0.3 is 15.0 Å². The number of nitrogens with two attached hydrogens (primary N) is 1. The number of hydrogen-bond acceptors (Lipinski definition) is 3. The molecular weight excluding hydrogens is 130 g/mol. The first-order valence-corrected chi connectivity index (χ1v) is 3.04. The number of imidazole rings is 1. The van der Waals surface area contributed by atoms with Crippen LogP contribution in [0.4, 0.5) is 0 Å². The van der Waals surface area contributed by atoms with E-state index in [9.17, 15) is 0 Å². The fourth-order valence-corrected chi connectivity index (χ4v) is 0.805. The molecule has 10 heavy (non-hydrogen) atoms. The summed E-state index contributed by atoms with van der Waals surface area (Å²) >= 11 is 0. The zero-order chi connectivity index (χ0) is 7.56. The van der Waals surface area contributed by atoms with Crippen LogP contribution in [0.15, 0.2) is 6.20 Å². The molecule has 0 atom stereocenters. The summed E-state index contributed by atoms with van der Waals surface area (Å²) in [6, 6.07) is 0.598. The van der Waals surface area contributed by atoms with Gasteiger partial charge in [-0.1, -0.05) is 0 Å². The number of methoxy groups -OCH3 is 1. The Hall–Kier alpha value is -1.03. The summed E-state index contributed by atoms with van der Waals surface area (Å²) < 4.78 is 6.74. The third-order valence-corrected chi connectivity index (χ3v) is 1.43. The van der Waals surface area contributed by atoms with Gasteiger partial charge in [-0.05, 0) is 0 Å². The van der Waals surface area contributed by atoms with Crippen LogP contribution in [0.5, 0.6) is 6.01 Å². The maximum atomic E-state index is 5.40. The Balaban J connectivity index is 2.97. The third-order valence-electron chi connectivity index (χ3n) is 1.43. The molecule has 1 rings (SSSR count). The van der Waals surface area contributed by atoms with E-state index in [0.29, 0.717) is 12.6 Å². The maximum absolute atomic E-state index is 5.40. The third kappa shape index (κ3) is 0.974. The number of nitrogens with zero attached hydrogens (tertiary/aromatic N) is 2. The Bertz CT molecular complexity index is 197. The largest absolute Gasteiger partial charge is 0.468 e. The SMILES string of the molecule is COc1ncc(CN)n1C. The van der Waals surface area contributed by atoms with Gasteiger partial charge in [0.25, 0.3) is 6.01 Å². The van der Waals surface area contributed by atoms with E-state index in [1.807, 2.05) is 11.6 Å². The molecule has 2 N–H and O–H groups in total. The molecule has 0 bridgehead atoms. The first-order valence-electron chi connectivity index (χ1n) is 3.04. The van der Waals surface area contributed by atoms with Crippen molar-refractivity contribution in [2.24, 2.45) is 12.8 Å². The average molecular weight is 141 g/mol. The smallest absolute Gasteiger partial charge is 0.295 e.